The normalized spacial score (nSPS) is 15.1. The van der Waals surface area contributed by atoms with Crippen molar-refractivity contribution in [3.63, 3.8) is 0 Å². The van der Waals surface area contributed by atoms with Crippen molar-refractivity contribution < 1.29 is 4.42 Å². The van der Waals surface area contributed by atoms with E-state index in [-0.39, 0.29) is 5.56 Å². The molecule has 2 heterocycles. The highest BCUT2D eigenvalue weighted by Crippen LogP contribution is 2.31. The molecule has 1 N–H and O–H groups in total. The number of hydrogen-bond donors (Lipinski definition) is 1. The molecule has 4 nitrogen and oxygen atoms in total. The molecule has 100 valence electrons. The predicted octanol–water partition coefficient (Wildman–Crippen LogP) is 3.82. The Hall–Kier alpha value is -0.880. The fourth-order valence-electron chi connectivity index (χ4n) is 2.36. The third-order valence-electron chi connectivity index (χ3n) is 3.32. The number of aromatic nitrogens is 2. The van der Waals surface area contributed by atoms with Crippen molar-refractivity contribution in [3.05, 3.63) is 36.8 Å². The predicted molar refractivity (Wildman–Crippen MR) is 79.2 cm³/mol. The number of rotatable bonds is 1. The fraction of sp³-hybridized carbons (Fsp3) is 0.385. The summed E-state index contributed by atoms with van der Waals surface area (Å²) in [5.41, 5.74) is 1.72. The summed E-state index contributed by atoms with van der Waals surface area (Å²) in [5.74, 6) is 1.06. The minimum Gasteiger partial charge on any atom is -0.445 e. The maximum Gasteiger partial charge on any atom is 0.254 e. The Morgan fingerprint density at radius 2 is 2.00 bits per heavy atom. The van der Waals surface area contributed by atoms with Crippen LogP contribution in [0.1, 0.15) is 30.5 Å². The van der Waals surface area contributed by atoms with Crippen molar-refractivity contribution in [1.82, 2.24) is 9.97 Å². The number of nitrogens with zero attached hydrogens (tertiary/aromatic N) is 1. The van der Waals surface area contributed by atoms with Crippen molar-refractivity contribution in [2.24, 2.45) is 0 Å². The summed E-state index contributed by atoms with van der Waals surface area (Å²) >= 11 is 6.64. The van der Waals surface area contributed by atoms with Crippen molar-refractivity contribution in [3.8, 4) is 11.6 Å². The molecular weight excluding hydrogens is 376 g/mol. The molecule has 0 aromatic carbocycles. The Labute approximate surface area is 126 Å². The van der Waals surface area contributed by atoms with Gasteiger partial charge in [-0.05, 0) is 57.5 Å². The van der Waals surface area contributed by atoms with Crippen molar-refractivity contribution >= 4 is 31.9 Å². The lowest BCUT2D eigenvalue weighted by atomic mass is 10.1. The van der Waals surface area contributed by atoms with Crippen molar-refractivity contribution in [1.29, 1.82) is 0 Å². The van der Waals surface area contributed by atoms with E-state index in [2.05, 4.69) is 41.8 Å². The van der Waals surface area contributed by atoms with Gasteiger partial charge in [-0.2, -0.15) is 0 Å². The van der Waals surface area contributed by atoms with Crippen LogP contribution < -0.4 is 5.56 Å². The Kier molecular flexibility index (Phi) is 3.62. The molecule has 0 amide bonds. The van der Waals surface area contributed by atoms with E-state index in [1.165, 1.54) is 0 Å². The van der Waals surface area contributed by atoms with Gasteiger partial charge in [0.15, 0.2) is 16.3 Å². The molecule has 1 aliphatic carbocycles. The Morgan fingerprint density at radius 3 is 2.74 bits per heavy atom. The van der Waals surface area contributed by atoms with Crippen LogP contribution in [0.3, 0.4) is 0 Å². The topological polar surface area (TPSA) is 58.9 Å². The monoisotopic (exact) mass is 386 g/mol. The molecule has 0 fully saturated rings. The number of aromatic amines is 1. The van der Waals surface area contributed by atoms with Gasteiger partial charge >= 0.3 is 0 Å². The first-order valence-electron chi connectivity index (χ1n) is 6.22. The number of furan rings is 1. The summed E-state index contributed by atoms with van der Waals surface area (Å²) in [5, 5.41) is 0. The van der Waals surface area contributed by atoms with Gasteiger partial charge in [-0.25, -0.2) is 4.98 Å². The molecule has 0 atom stereocenters. The maximum atomic E-state index is 12.1. The van der Waals surface area contributed by atoms with E-state index in [9.17, 15) is 4.79 Å². The largest absolute Gasteiger partial charge is 0.445 e. The molecule has 0 aliphatic heterocycles. The average molecular weight is 388 g/mol. The molecule has 2 aromatic rings. The van der Waals surface area contributed by atoms with E-state index < -0.39 is 0 Å². The quantitative estimate of drug-likeness (QED) is 0.756. The van der Waals surface area contributed by atoms with Gasteiger partial charge < -0.3 is 9.40 Å². The van der Waals surface area contributed by atoms with Crippen LogP contribution in [0.15, 0.2) is 24.4 Å². The molecule has 1 aliphatic rings. The van der Waals surface area contributed by atoms with Crippen molar-refractivity contribution in [2.75, 3.05) is 0 Å². The van der Waals surface area contributed by atoms with Crippen LogP contribution in [0.2, 0.25) is 0 Å². The lowest BCUT2D eigenvalue weighted by Gasteiger charge is -2.05. The first kappa shape index (κ1) is 13.1. The fourth-order valence-corrected chi connectivity index (χ4v) is 2.94. The summed E-state index contributed by atoms with van der Waals surface area (Å²) in [6.07, 6.45) is 5.01. The number of halogens is 2. The molecular formula is C13H12Br2N2O2. The van der Waals surface area contributed by atoms with Gasteiger partial charge in [0.05, 0.1) is 10.2 Å². The van der Waals surface area contributed by atoms with Crippen LogP contribution in [-0.4, -0.2) is 9.97 Å². The van der Waals surface area contributed by atoms with Crippen LogP contribution in [-0.2, 0) is 12.8 Å². The molecule has 0 spiro atoms. The Balaban J connectivity index is 2.11. The SMILES string of the molecule is O=c1[nH]c(-c2cc(Br)c(Br)o2)nc2c1CCCCC2. The number of nitrogens with one attached hydrogen (secondary N) is 1. The molecule has 3 rings (SSSR count). The van der Waals surface area contributed by atoms with E-state index in [0.717, 1.165) is 47.8 Å². The van der Waals surface area contributed by atoms with Gasteiger partial charge in [-0.1, -0.05) is 6.42 Å². The van der Waals surface area contributed by atoms with Gasteiger partial charge in [0.1, 0.15) is 0 Å². The maximum absolute atomic E-state index is 12.1. The van der Waals surface area contributed by atoms with Crippen LogP contribution in [0, 0.1) is 0 Å². The zero-order chi connectivity index (χ0) is 13.4. The second kappa shape index (κ2) is 5.25. The molecule has 19 heavy (non-hydrogen) atoms. The van der Waals surface area contributed by atoms with E-state index in [1.807, 2.05) is 0 Å². The summed E-state index contributed by atoms with van der Waals surface area (Å²) in [6.45, 7) is 0. The van der Waals surface area contributed by atoms with E-state index in [1.54, 1.807) is 6.07 Å². The number of aryl methyl sites for hydroxylation is 1. The second-order valence-corrected chi connectivity index (χ2v) is 6.21. The number of hydrogen-bond acceptors (Lipinski definition) is 3. The third-order valence-corrected chi connectivity index (χ3v) is 5.03. The highest BCUT2D eigenvalue weighted by molar-refractivity contribution is 9.13. The highest BCUT2D eigenvalue weighted by Gasteiger charge is 2.17. The minimum absolute atomic E-state index is 0.0365. The molecule has 0 saturated heterocycles. The molecule has 0 radical (unpaired) electrons. The Bertz CT molecular complexity index is 656. The minimum atomic E-state index is -0.0365. The molecule has 6 heteroatoms. The van der Waals surface area contributed by atoms with Gasteiger partial charge in [-0.3, -0.25) is 4.79 Å². The van der Waals surface area contributed by atoms with Gasteiger partial charge in [0.2, 0.25) is 0 Å². The standard InChI is InChI=1S/C13H12Br2N2O2/c14-8-6-10(19-11(8)15)12-16-9-5-3-1-2-4-7(9)13(18)17-12/h6H,1-5H2,(H,16,17,18). The van der Waals surface area contributed by atoms with Crippen LogP contribution in [0.5, 0.6) is 0 Å². The van der Waals surface area contributed by atoms with Crippen LogP contribution in [0.25, 0.3) is 11.6 Å². The smallest absolute Gasteiger partial charge is 0.254 e. The van der Waals surface area contributed by atoms with Gasteiger partial charge in [0, 0.05) is 11.6 Å². The molecule has 0 bridgehead atoms. The van der Waals surface area contributed by atoms with Gasteiger partial charge in [0.25, 0.3) is 5.56 Å². The highest BCUT2D eigenvalue weighted by atomic mass is 79.9. The van der Waals surface area contributed by atoms with Crippen LogP contribution in [0.4, 0.5) is 0 Å². The average Bonchev–Trinajstić information content (AvgIpc) is 2.61. The van der Waals surface area contributed by atoms with Gasteiger partial charge in [-0.15, -0.1) is 0 Å². The zero-order valence-electron chi connectivity index (χ0n) is 10.1. The van der Waals surface area contributed by atoms with Crippen LogP contribution >= 0.6 is 31.9 Å². The first-order valence-corrected chi connectivity index (χ1v) is 7.81. The summed E-state index contributed by atoms with van der Waals surface area (Å²) in [6, 6.07) is 1.80. The summed E-state index contributed by atoms with van der Waals surface area (Å²) in [7, 11) is 0. The third kappa shape index (κ3) is 2.56. The summed E-state index contributed by atoms with van der Waals surface area (Å²) in [4.78, 5) is 19.5. The Morgan fingerprint density at radius 1 is 1.21 bits per heavy atom. The lowest BCUT2D eigenvalue weighted by Crippen LogP contribution is -2.17. The van der Waals surface area contributed by atoms with E-state index in [4.69, 9.17) is 4.42 Å². The summed E-state index contributed by atoms with van der Waals surface area (Å²) < 4.78 is 6.92. The zero-order valence-corrected chi connectivity index (χ0v) is 13.3. The second-order valence-electron chi connectivity index (χ2n) is 4.63. The number of fused-ring (bicyclic) bond motifs is 1. The number of H-pyrrole nitrogens is 1. The molecule has 0 saturated carbocycles. The first-order chi connectivity index (χ1) is 9.15. The van der Waals surface area contributed by atoms with Crippen molar-refractivity contribution in [2.45, 2.75) is 32.1 Å². The molecule has 2 aromatic heterocycles. The lowest BCUT2D eigenvalue weighted by molar-refractivity contribution is 0.548. The molecule has 0 unspecified atom stereocenters. The van der Waals surface area contributed by atoms with E-state index >= 15 is 0 Å². The van der Waals surface area contributed by atoms with E-state index in [0.29, 0.717) is 16.3 Å².